The zero-order valence-electron chi connectivity index (χ0n) is 10.5. The first-order valence-corrected chi connectivity index (χ1v) is 6.00. The van der Waals surface area contributed by atoms with E-state index in [0.717, 1.165) is 30.6 Å². The van der Waals surface area contributed by atoms with Gasteiger partial charge in [0.25, 0.3) is 5.91 Å². The van der Waals surface area contributed by atoms with Gasteiger partial charge in [-0.25, -0.2) is 0 Å². The summed E-state index contributed by atoms with van der Waals surface area (Å²) < 4.78 is 0. The van der Waals surface area contributed by atoms with Crippen molar-refractivity contribution >= 4 is 18.3 Å². The highest BCUT2D eigenvalue weighted by Gasteiger charge is 2.09. The van der Waals surface area contributed by atoms with Gasteiger partial charge in [-0.15, -0.1) is 12.4 Å². The second-order valence-electron chi connectivity index (χ2n) is 4.31. The van der Waals surface area contributed by atoms with Crippen molar-refractivity contribution in [3.8, 4) is 0 Å². The third-order valence-electron chi connectivity index (χ3n) is 3.02. The lowest BCUT2D eigenvalue weighted by molar-refractivity contribution is 0.0956. The van der Waals surface area contributed by atoms with Crippen LogP contribution < -0.4 is 10.6 Å². The Kier molecular flexibility index (Phi) is 5.89. The molecule has 4 heteroatoms. The summed E-state index contributed by atoms with van der Waals surface area (Å²) >= 11 is 0. The van der Waals surface area contributed by atoms with Gasteiger partial charge < -0.3 is 10.6 Å². The van der Waals surface area contributed by atoms with Crippen molar-refractivity contribution in [1.82, 2.24) is 10.6 Å². The van der Waals surface area contributed by atoms with Crippen LogP contribution in [0.25, 0.3) is 0 Å². The summed E-state index contributed by atoms with van der Waals surface area (Å²) in [5.74, 6) is 0.0162. The van der Waals surface area contributed by atoms with Gasteiger partial charge in [-0.3, -0.25) is 4.79 Å². The number of aryl methyl sites for hydroxylation is 1. The minimum absolute atomic E-state index is 0. The van der Waals surface area contributed by atoms with E-state index in [-0.39, 0.29) is 18.3 Å². The van der Waals surface area contributed by atoms with Crippen LogP contribution in [0, 0.1) is 6.92 Å². The van der Waals surface area contributed by atoms with Gasteiger partial charge >= 0.3 is 0 Å². The Balaban J connectivity index is 0.00000162. The molecule has 0 saturated carbocycles. The van der Waals surface area contributed by atoms with Gasteiger partial charge in [0.1, 0.15) is 0 Å². The molecule has 0 aromatic heterocycles. The van der Waals surface area contributed by atoms with Crippen LogP contribution in [0.4, 0.5) is 0 Å². The maximum Gasteiger partial charge on any atom is 0.251 e. The van der Waals surface area contributed by atoms with Crippen LogP contribution in [0.5, 0.6) is 0 Å². The number of nitrogens with one attached hydrogen (secondary N) is 2. The third kappa shape index (κ3) is 3.86. The van der Waals surface area contributed by atoms with E-state index in [4.69, 9.17) is 0 Å². The molecule has 1 heterocycles. The molecule has 0 spiro atoms. The molecule has 0 bridgehead atoms. The van der Waals surface area contributed by atoms with Crippen molar-refractivity contribution in [2.24, 2.45) is 0 Å². The quantitative estimate of drug-likeness (QED) is 0.823. The Labute approximate surface area is 114 Å². The van der Waals surface area contributed by atoms with Crippen LogP contribution >= 0.6 is 12.4 Å². The maximum absolute atomic E-state index is 12.0. The summed E-state index contributed by atoms with van der Waals surface area (Å²) in [6, 6.07) is 7.66. The molecular formula is C14H19ClN2O. The van der Waals surface area contributed by atoms with E-state index in [1.165, 1.54) is 5.57 Å². The van der Waals surface area contributed by atoms with Crippen LogP contribution in [0.3, 0.4) is 0 Å². The molecule has 0 radical (unpaired) electrons. The molecule has 1 aliphatic rings. The summed E-state index contributed by atoms with van der Waals surface area (Å²) in [6.45, 7) is 4.54. The molecule has 0 fully saturated rings. The number of benzene rings is 1. The average molecular weight is 267 g/mol. The maximum atomic E-state index is 12.0. The Hall–Kier alpha value is -1.32. The lowest BCUT2D eigenvalue weighted by atomic mass is 10.1. The topological polar surface area (TPSA) is 41.1 Å². The first-order valence-electron chi connectivity index (χ1n) is 6.00. The van der Waals surface area contributed by atoms with Crippen molar-refractivity contribution < 1.29 is 4.79 Å². The monoisotopic (exact) mass is 266 g/mol. The van der Waals surface area contributed by atoms with Crippen molar-refractivity contribution in [3.05, 3.63) is 47.0 Å². The number of amides is 1. The molecule has 18 heavy (non-hydrogen) atoms. The minimum atomic E-state index is 0. The predicted molar refractivity (Wildman–Crippen MR) is 76.3 cm³/mol. The molecule has 98 valence electrons. The zero-order valence-corrected chi connectivity index (χ0v) is 11.3. The van der Waals surface area contributed by atoms with Crippen LogP contribution in [0.15, 0.2) is 35.9 Å². The van der Waals surface area contributed by atoms with E-state index in [0.29, 0.717) is 6.54 Å². The highest BCUT2D eigenvalue weighted by atomic mass is 35.5. The third-order valence-corrected chi connectivity index (χ3v) is 3.02. The highest BCUT2D eigenvalue weighted by molar-refractivity contribution is 5.95. The van der Waals surface area contributed by atoms with Gasteiger partial charge in [0.2, 0.25) is 0 Å². The molecule has 1 amide bonds. The molecule has 2 rings (SSSR count). The molecule has 1 aromatic rings. The molecule has 3 nitrogen and oxygen atoms in total. The van der Waals surface area contributed by atoms with E-state index in [1.54, 1.807) is 0 Å². The molecule has 0 saturated heterocycles. The van der Waals surface area contributed by atoms with E-state index >= 15 is 0 Å². The van der Waals surface area contributed by atoms with E-state index in [9.17, 15) is 4.79 Å². The summed E-state index contributed by atoms with van der Waals surface area (Å²) in [6.07, 6.45) is 3.18. The molecular weight excluding hydrogens is 248 g/mol. The van der Waals surface area contributed by atoms with Crippen LogP contribution in [-0.4, -0.2) is 25.5 Å². The second-order valence-corrected chi connectivity index (χ2v) is 4.31. The van der Waals surface area contributed by atoms with E-state index < -0.39 is 0 Å². The summed E-state index contributed by atoms with van der Waals surface area (Å²) in [5.41, 5.74) is 3.09. The van der Waals surface area contributed by atoms with Gasteiger partial charge in [0, 0.05) is 18.7 Å². The van der Waals surface area contributed by atoms with E-state index in [2.05, 4.69) is 16.7 Å². The van der Waals surface area contributed by atoms with Gasteiger partial charge in [-0.05, 0) is 31.5 Å². The number of hydrogen-bond acceptors (Lipinski definition) is 2. The minimum Gasteiger partial charge on any atom is -0.348 e. The molecule has 0 unspecified atom stereocenters. The summed E-state index contributed by atoms with van der Waals surface area (Å²) in [5, 5.41) is 6.23. The lowest BCUT2D eigenvalue weighted by Gasteiger charge is -2.15. The summed E-state index contributed by atoms with van der Waals surface area (Å²) in [4.78, 5) is 12.0. The Morgan fingerprint density at radius 1 is 1.39 bits per heavy atom. The standard InChI is InChI=1S/C14H18N2O.ClH/c1-11-4-2-3-5-13(11)14(17)16-10-12-6-8-15-9-7-12;/h2-6,15H,7-10H2,1H3,(H,16,17);1H. The highest BCUT2D eigenvalue weighted by Crippen LogP contribution is 2.07. The molecule has 0 aliphatic carbocycles. The fraction of sp³-hybridized carbons (Fsp3) is 0.357. The molecule has 0 atom stereocenters. The van der Waals surface area contributed by atoms with Crippen LogP contribution in [-0.2, 0) is 0 Å². The van der Waals surface area contributed by atoms with E-state index in [1.807, 2.05) is 31.2 Å². The predicted octanol–water partition coefficient (Wildman–Crippen LogP) is 2.07. The normalized spacial score (nSPS) is 14.4. The van der Waals surface area contributed by atoms with Gasteiger partial charge in [0.15, 0.2) is 0 Å². The molecule has 2 N–H and O–H groups in total. The fourth-order valence-electron chi connectivity index (χ4n) is 1.95. The lowest BCUT2D eigenvalue weighted by Crippen LogP contribution is -2.29. The van der Waals surface area contributed by atoms with Crippen molar-refractivity contribution in [2.45, 2.75) is 13.3 Å². The number of halogens is 1. The van der Waals surface area contributed by atoms with Crippen LogP contribution in [0.2, 0.25) is 0 Å². The first-order chi connectivity index (χ1) is 8.27. The second kappa shape index (κ2) is 7.19. The van der Waals surface area contributed by atoms with Crippen molar-refractivity contribution in [3.63, 3.8) is 0 Å². The van der Waals surface area contributed by atoms with Gasteiger partial charge in [0.05, 0.1) is 0 Å². The Morgan fingerprint density at radius 2 is 2.17 bits per heavy atom. The van der Waals surface area contributed by atoms with Crippen LogP contribution in [0.1, 0.15) is 22.3 Å². The Bertz CT molecular complexity index is 443. The number of carbonyl (C=O) groups excluding carboxylic acids is 1. The smallest absolute Gasteiger partial charge is 0.251 e. The van der Waals surface area contributed by atoms with Gasteiger partial charge in [-0.2, -0.15) is 0 Å². The Morgan fingerprint density at radius 3 is 2.83 bits per heavy atom. The summed E-state index contributed by atoms with van der Waals surface area (Å²) in [7, 11) is 0. The number of rotatable bonds is 3. The van der Waals surface area contributed by atoms with Crippen molar-refractivity contribution in [1.29, 1.82) is 0 Å². The molecule has 1 aromatic carbocycles. The average Bonchev–Trinajstić information content (AvgIpc) is 2.38. The van der Waals surface area contributed by atoms with Gasteiger partial charge in [-0.1, -0.05) is 29.8 Å². The SMILES string of the molecule is Cc1ccccc1C(=O)NCC1=CCNCC1.Cl. The number of hydrogen-bond donors (Lipinski definition) is 2. The first kappa shape index (κ1) is 14.7. The zero-order chi connectivity index (χ0) is 12.1. The number of carbonyl (C=O) groups is 1. The molecule has 1 aliphatic heterocycles. The van der Waals surface area contributed by atoms with Crippen molar-refractivity contribution in [2.75, 3.05) is 19.6 Å². The largest absolute Gasteiger partial charge is 0.348 e. The fourth-order valence-corrected chi connectivity index (χ4v) is 1.95.